The highest BCUT2D eigenvalue weighted by Crippen LogP contribution is 2.40. The molecule has 4 nitrogen and oxygen atoms in total. The van der Waals surface area contributed by atoms with Gasteiger partial charge in [0.1, 0.15) is 4.84 Å². The van der Waals surface area contributed by atoms with Crippen molar-refractivity contribution in [3.8, 4) is 0 Å². The zero-order valence-electron chi connectivity index (χ0n) is 23.9. The Balaban J connectivity index is 1.78. The fourth-order valence-corrected chi connectivity index (χ4v) is 6.17. The van der Waals surface area contributed by atoms with Crippen molar-refractivity contribution < 1.29 is 0 Å². The van der Waals surface area contributed by atoms with Gasteiger partial charge in [0.25, 0.3) is 0 Å². The van der Waals surface area contributed by atoms with E-state index in [2.05, 4.69) is 77.5 Å². The summed E-state index contributed by atoms with van der Waals surface area (Å²) in [5.74, 6) is -0.228. The van der Waals surface area contributed by atoms with E-state index in [1.54, 1.807) is 0 Å². The second kappa shape index (κ2) is 11.7. The Labute approximate surface area is 237 Å². The topological polar surface area (TPSA) is 56.3 Å². The predicted octanol–water partition coefficient (Wildman–Crippen LogP) is 9.60. The molecule has 38 heavy (non-hydrogen) atoms. The number of allylic oxidation sites excluding steroid dienone is 4. The third kappa shape index (κ3) is 5.05. The number of aromatic amines is 2. The van der Waals surface area contributed by atoms with Gasteiger partial charge in [-0.3, -0.25) is 9.98 Å². The van der Waals surface area contributed by atoms with Crippen molar-refractivity contribution in [2.75, 3.05) is 0 Å². The standard InChI is InChI=1S/C32H40Cl2N4/c1-9-21-15-35-27(23(21)11-3)13-25-17(5)19(7)30(37-25)29(32(33)34)31-20(8)18(6)26(38-31)14-28-24(12-4)22(10-2)16-36-28/h13-16,29,32,37-38H,9-12H2,1-8H3/b27-13-,28-14-. The van der Waals surface area contributed by atoms with Gasteiger partial charge in [-0.1, -0.05) is 27.7 Å². The lowest BCUT2D eigenvalue weighted by Crippen LogP contribution is -2.13. The van der Waals surface area contributed by atoms with E-state index >= 15 is 0 Å². The number of hydrogen-bond donors (Lipinski definition) is 2. The van der Waals surface area contributed by atoms with Crippen LogP contribution < -0.4 is 0 Å². The summed E-state index contributed by atoms with van der Waals surface area (Å²) in [6.07, 6.45) is 12.3. The molecule has 0 saturated carbocycles. The van der Waals surface area contributed by atoms with Crippen molar-refractivity contribution in [2.24, 2.45) is 9.98 Å². The van der Waals surface area contributed by atoms with Gasteiger partial charge in [0.05, 0.1) is 17.3 Å². The first kappa shape index (κ1) is 28.4. The van der Waals surface area contributed by atoms with Crippen LogP contribution in [0, 0.1) is 27.7 Å². The highest BCUT2D eigenvalue weighted by atomic mass is 35.5. The van der Waals surface area contributed by atoms with Crippen LogP contribution in [0.5, 0.6) is 0 Å². The van der Waals surface area contributed by atoms with E-state index in [1.165, 1.54) is 44.5 Å². The molecule has 0 fully saturated rings. The van der Waals surface area contributed by atoms with E-state index in [0.717, 1.165) is 59.9 Å². The molecule has 0 spiro atoms. The lowest BCUT2D eigenvalue weighted by Gasteiger charge is -2.18. The summed E-state index contributed by atoms with van der Waals surface area (Å²) in [5.41, 5.74) is 16.2. The summed E-state index contributed by atoms with van der Waals surface area (Å²) in [5, 5.41) is 0. The van der Waals surface area contributed by atoms with Crippen molar-refractivity contribution in [3.63, 3.8) is 0 Å². The summed E-state index contributed by atoms with van der Waals surface area (Å²) >= 11 is 13.4. The SMILES string of the molecule is CCC1=C(CC)/C(=C/c2[nH]c(C(c3[nH]c(/C=C4\N=CC(CC)=C4CC)c(C)c3C)C(Cl)Cl)c(C)c2C)N=C1. The van der Waals surface area contributed by atoms with E-state index in [0.29, 0.717) is 0 Å². The van der Waals surface area contributed by atoms with Gasteiger partial charge in [0.15, 0.2) is 0 Å². The average Bonchev–Trinajstić information content (AvgIpc) is 3.63. The Morgan fingerprint density at radius 2 is 1.05 bits per heavy atom. The second-order valence-electron chi connectivity index (χ2n) is 10.2. The van der Waals surface area contributed by atoms with Crippen LogP contribution in [0.3, 0.4) is 0 Å². The van der Waals surface area contributed by atoms with Crippen molar-refractivity contribution >= 4 is 47.8 Å². The molecule has 0 amide bonds. The van der Waals surface area contributed by atoms with E-state index in [4.69, 9.17) is 33.2 Å². The molecule has 0 bridgehead atoms. The number of H-pyrrole nitrogens is 2. The highest BCUT2D eigenvalue weighted by Gasteiger charge is 2.30. The molecule has 0 atom stereocenters. The van der Waals surface area contributed by atoms with Gasteiger partial charge in [-0.05, 0) is 110 Å². The number of hydrogen-bond acceptors (Lipinski definition) is 2. The summed E-state index contributed by atoms with van der Waals surface area (Å²) in [4.78, 5) is 16.2. The molecule has 2 aromatic rings. The summed E-state index contributed by atoms with van der Waals surface area (Å²) in [6, 6.07) is 0. The van der Waals surface area contributed by atoms with Crippen molar-refractivity contribution in [1.29, 1.82) is 0 Å². The van der Waals surface area contributed by atoms with Crippen LogP contribution >= 0.6 is 23.2 Å². The number of rotatable bonds is 9. The molecule has 0 saturated heterocycles. The summed E-state index contributed by atoms with van der Waals surface area (Å²) in [7, 11) is 0. The lowest BCUT2D eigenvalue weighted by molar-refractivity contribution is 0.806. The molecular formula is C32H40Cl2N4. The molecule has 0 aliphatic carbocycles. The molecule has 202 valence electrons. The Morgan fingerprint density at radius 1 is 0.658 bits per heavy atom. The lowest BCUT2D eigenvalue weighted by atomic mass is 9.95. The minimum Gasteiger partial charge on any atom is -0.358 e. The first-order chi connectivity index (χ1) is 18.2. The molecular weight excluding hydrogens is 511 g/mol. The zero-order valence-corrected chi connectivity index (χ0v) is 25.5. The van der Waals surface area contributed by atoms with Gasteiger partial charge in [0.2, 0.25) is 0 Å². The van der Waals surface area contributed by atoms with Gasteiger partial charge >= 0.3 is 0 Å². The Bertz CT molecular complexity index is 1320. The zero-order chi connectivity index (χ0) is 27.7. The molecule has 2 aliphatic heterocycles. The van der Waals surface area contributed by atoms with Crippen LogP contribution in [0.25, 0.3) is 12.2 Å². The highest BCUT2D eigenvalue weighted by molar-refractivity contribution is 6.45. The van der Waals surface area contributed by atoms with Crippen LogP contribution in [0.15, 0.2) is 43.7 Å². The maximum absolute atomic E-state index is 6.72. The van der Waals surface area contributed by atoms with Crippen LogP contribution in [0.2, 0.25) is 0 Å². The summed E-state index contributed by atoms with van der Waals surface area (Å²) < 4.78 is 0. The van der Waals surface area contributed by atoms with Crippen LogP contribution in [-0.4, -0.2) is 27.2 Å². The predicted molar refractivity (Wildman–Crippen MR) is 166 cm³/mol. The fraction of sp³-hybridized carbons (Fsp3) is 0.438. The maximum Gasteiger partial charge on any atom is 0.121 e. The normalized spacial score (nSPS) is 18.5. The quantitative estimate of drug-likeness (QED) is 0.292. The van der Waals surface area contributed by atoms with Gasteiger partial charge in [0, 0.05) is 35.2 Å². The first-order valence-electron chi connectivity index (χ1n) is 13.8. The third-order valence-corrected chi connectivity index (χ3v) is 8.80. The van der Waals surface area contributed by atoms with Crippen LogP contribution in [-0.2, 0) is 0 Å². The molecule has 6 heteroatoms. The largest absolute Gasteiger partial charge is 0.358 e. The molecule has 2 aromatic heterocycles. The van der Waals surface area contributed by atoms with E-state index < -0.39 is 4.84 Å². The van der Waals surface area contributed by atoms with Gasteiger partial charge < -0.3 is 9.97 Å². The van der Waals surface area contributed by atoms with Crippen LogP contribution in [0.4, 0.5) is 0 Å². The van der Waals surface area contributed by atoms with Gasteiger partial charge in [-0.15, -0.1) is 23.2 Å². The first-order valence-corrected chi connectivity index (χ1v) is 14.7. The number of nitrogens with zero attached hydrogens (tertiary/aromatic N) is 2. The number of aromatic nitrogens is 2. The Kier molecular flexibility index (Phi) is 8.74. The molecule has 0 radical (unpaired) electrons. The molecule has 0 aromatic carbocycles. The smallest absolute Gasteiger partial charge is 0.121 e. The second-order valence-corrected chi connectivity index (χ2v) is 11.4. The number of aliphatic imine (C=N–C) groups is 2. The molecule has 2 N–H and O–H groups in total. The third-order valence-electron chi connectivity index (χ3n) is 8.30. The Hall–Kier alpha value is -2.56. The molecule has 4 heterocycles. The fourth-order valence-electron chi connectivity index (χ4n) is 5.66. The van der Waals surface area contributed by atoms with Crippen molar-refractivity contribution in [2.45, 2.75) is 91.8 Å². The number of halogens is 2. The molecule has 4 rings (SSSR count). The average molecular weight is 552 g/mol. The number of alkyl halides is 2. The monoisotopic (exact) mass is 550 g/mol. The molecule has 0 unspecified atom stereocenters. The van der Waals surface area contributed by atoms with Crippen molar-refractivity contribution in [3.05, 3.63) is 78.7 Å². The minimum atomic E-state index is -0.630. The molecule has 2 aliphatic rings. The van der Waals surface area contributed by atoms with E-state index in [9.17, 15) is 0 Å². The van der Waals surface area contributed by atoms with Gasteiger partial charge in [-0.25, -0.2) is 0 Å². The minimum absolute atomic E-state index is 0.228. The summed E-state index contributed by atoms with van der Waals surface area (Å²) in [6.45, 7) is 17.3. The maximum atomic E-state index is 6.72. The van der Waals surface area contributed by atoms with Crippen molar-refractivity contribution in [1.82, 2.24) is 9.97 Å². The van der Waals surface area contributed by atoms with Gasteiger partial charge in [-0.2, -0.15) is 0 Å². The van der Waals surface area contributed by atoms with Crippen LogP contribution in [0.1, 0.15) is 104 Å². The van der Waals surface area contributed by atoms with E-state index in [1.807, 2.05) is 12.4 Å². The van der Waals surface area contributed by atoms with E-state index in [-0.39, 0.29) is 5.92 Å². The Morgan fingerprint density at radius 3 is 1.37 bits per heavy atom. The number of nitrogens with one attached hydrogen (secondary N) is 2.